The number of aromatic nitrogens is 3. The maximum atomic E-state index is 4.29. The summed E-state index contributed by atoms with van der Waals surface area (Å²) < 4.78 is 1.96. The lowest BCUT2D eigenvalue weighted by atomic mass is 10.4. The van der Waals surface area contributed by atoms with E-state index in [1.165, 1.54) is 0 Å². The first-order valence-electron chi connectivity index (χ1n) is 6.22. The largest absolute Gasteiger partial charge is 0.304 e. The summed E-state index contributed by atoms with van der Waals surface area (Å²) in [5, 5.41) is 6.49. The summed E-state index contributed by atoms with van der Waals surface area (Å²) in [7, 11) is 2.16. The molecule has 1 aliphatic heterocycles. The van der Waals surface area contributed by atoms with Gasteiger partial charge in [-0.15, -0.1) is 0 Å². The van der Waals surface area contributed by atoms with E-state index in [1.54, 1.807) is 6.33 Å². The number of hydrazine groups is 1. The number of nitrogens with zero attached hydrogens (tertiary/aromatic N) is 5. The van der Waals surface area contributed by atoms with Gasteiger partial charge in [0, 0.05) is 32.2 Å². The monoisotopic (exact) mass is 238 g/mol. The van der Waals surface area contributed by atoms with E-state index in [0.717, 1.165) is 38.5 Å². The van der Waals surface area contributed by atoms with Crippen molar-refractivity contribution < 1.29 is 0 Å². The van der Waals surface area contributed by atoms with Gasteiger partial charge < -0.3 is 4.90 Å². The molecule has 0 atom stereocenters. The molecular weight excluding hydrogens is 216 g/mol. The molecule has 17 heavy (non-hydrogen) atoms. The van der Waals surface area contributed by atoms with Gasteiger partial charge in [0.25, 0.3) is 0 Å². The van der Waals surface area contributed by atoms with Gasteiger partial charge in [-0.2, -0.15) is 5.10 Å². The quantitative estimate of drug-likeness (QED) is 0.807. The van der Waals surface area contributed by atoms with Crippen molar-refractivity contribution in [2.45, 2.75) is 26.4 Å². The van der Waals surface area contributed by atoms with Crippen LogP contribution in [0.5, 0.6) is 0 Å². The normalized spacial score (nSPS) is 19.1. The standard InChI is InChI=1S/C11H22N6/c1-10(2)17-11(12-9-14-17)8-13-16-6-4-15(3)5-7-16/h9-10,13H,4-8H2,1-3H3. The molecule has 2 rings (SSSR count). The minimum Gasteiger partial charge on any atom is -0.304 e. The first-order chi connectivity index (χ1) is 8.16. The summed E-state index contributed by atoms with van der Waals surface area (Å²) in [6, 6.07) is 0.363. The van der Waals surface area contributed by atoms with E-state index in [2.05, 4.69) is 46.3 Å². The van der Waals surface area contributed by atoms with E-state index in [9.17, 15) is 0 Å². The number of hydrogen-bond acceptors (Lipinski definition) is 5. The molecule has 1 aromatic rings. The van der Waals surface area contributed by atoms with Crippen LogP contribution in [0, 0.1) is 0 Å². The van der Waals surface area contributed by atoms with Gasteiger partial charge in [-0.3, -0.25) is 0 Å². The molecule has 2 heterocycles. The van der Waals surface area contributed by atoms with Crippen molar-refractivity contribution in [2.24, 2.45) is 0 Å². The highest BCUT2D eigenvalue weighted by atomic mass is 15.5. The third-order valence-corrected chi connectivity index (χ3v) is 3.10. The van der Waals surface area contributed by atoms with Crippen LogP contribution < -0.4 is 5.43 Å². The Balaban J connectivity index is 1.83. The van der Waals surface area contributed by atoms with E-state index < -0.39 is 0 Å². The average Bonchev–Trinajstić information content (AvgIpc) is 2.76. The molecule has 96 valence electrons. The predicted molar refractivity (Wildman–Crippen MR) is 66.3 cm³/mol. The van der Waals surface area contributed by atoms with E-state index in [0.29, 0.717) is 6.04 Å². The Morgan fingerprint density at radius 2 is 2.00 bits per heavy atom. The van der Waals surface area contributed by atoms with E-state index in [-0.39, 0.29) is 0 Å². The van der Waals surface area contributed by atoms with Gasteiger partial charge >= 0.3 is 0 Å². The van der Waals surface area contributed by atoms with Gasteiger partial charge in [-0.1, -0.05) is 0 Å². The number of likely N-dealkylation sites (N-methyl/N-ethyl adjacent to an activating group) is 1. The van der Waals surface area contributed by atoms with Crippen LogP contribution in [0.4, 0.5) is 0 Å². The molecular formula is C11H22N6. The fourth-order valence-corrected chi connectivity index (χ4v) is 1.98. The summed E-state index contributed by atoms with van der Waals surface area (Å²) in [4.78, 5) is 6.63. The number of rotatable bonds is 4. The van der Waals surface area contributed by atoms with Gasteiger partial charge in [0.05, 0.1) is 6.54 Å². The van der Waals surface area contributed by atoms with Crippen LogP contribution in [-0.2, 0) is 6.54 Å². The van der Waals surface area contributed by atoms with Gasteiger partial charge in [-0.05, 0) is 20.9 Å². The van der Waals surface area contributed by atoms with Gasteiger partial charge in [0.1, 0.15) is 12.2 Å². The number of hydrogen-bond donors (Lipinski definition) is 1. The summed E-state index contributed by atoms with van der Waals surface area (Å²) in [5.74, 6) is 0.999. The highest BCUT2D eigenvalue weighted by Gasteiger charge is 2.14. The Bertz CT molecular complexity index is 339. The van der Waals surface area contributed by atoms with E-state index in [1.807, 2.05) is 4.68 Å². The Kier molecular flexibility index (Phi) is 4.09. The highest BCUT2D eigenvalue weighted by Crippen LogP contribution is 2.05. The van der Waals surface area contributed by atoms with Crippen LogP contribution in [0.2, 0.25) is 0 Å². The molecule has 0 bridgehead atoms. The smallest absolute Gasteiger partial charge is 0.142 e. The lowest BCUT2D eigenvalue weighted by Gasteiger charge is -2.32. The molecule has 6 nitrogen and oxygen atoms in total. The Labute approximate surface area is 103 Å². The summed E-state index contributed by atoms with van der Waals surface area (Å²) in [5.41, 5.74) is 3.42. The first kappa shape index (κ1) is 12.5. The van der Waals surface area contributed by atoms with Crippen molar-refractivity contribution >= 4 is 0 Å². The molecule has 0 saturated carbocycles. The van der Waals surface area contributed by atoms with Gasteiger partial charge in [-0.25, -0.2) is 20.1 Å². The zero-order valence-corrected chi connectivity index (χ0v) is 10.9. The van der Waals surface area contributed by atoms with Crippen LogP contribution in [0.1, 0.15) is 25.7 Å². The zero-order valence-electron chi connectivity index (χ0n) is 10.9. The fourth-order valence-electron chi connectivity index (χ4n) is 1.98. The average molecular weight is 238 g/mol. The molecule has 0 radical (unpaired) electrons. The Hall–Kier alpha value is -0.980. The lowest BCUT2D eigenvalue weighted by Crippen LogP contribution is -2.50. The summed E-state index contributed by atoms with van der Waals surface area (Å²) in [6.07, 6.45) is 1.63. The zero-order chi connectivity index (χ0) is 12.3. The topological polar surface area (TPSA) is 49.2 Å². The number of nitrogens with one attached hydrogen (secondary N) is 1. The SMILES string of the molecule is CC(C)n1ncnc1CNN1CCN(C)CC1. The lowest BCUT2D eigenvalue weighted by molar-refractivity contribution is 0.100. The van der Waals surface area contributed by atoms with Crippen molar-refractivity contribution in [3.05, 3.63) is 12.2 Å². The maximum Gasteiger partial charge on any atom is 0.142 e. The Morgan fingerprint density at radius 1 is 1.29 bits per heavy atom. The molecule has 1 N–H and O–H groups in total. The third-order valence-electron chi connectivity index (χ3n) is 3.10. The molecule has 0 aromatic carbocycles. The molecule has 1 fully saturated rings. The number of piperazine rings is 1. The molecule has 6 heteroatoms. The van der Waals surface area contributed by atoms with Crippen molar-refractivity contribution in [3.8, 4) is 0 Å². The molecule has 0 spiro atoms. The Morgan fingerprint density at radius 3 is 2.65 bits per heavy atom. The first-order valence-corrected chi connectivity index (χ1v) is 6.22. The highest BCUT2D eigenvalue weighted by molar-refractivity contribution is 4.85. The van der Waals surface area contributed by atoms with Gasteiger partial charge in [0.15, 0.2) is 0 Å². The van der Waals surface area contributed by atoms with Crippen molar-refractivity contribution in [1.82, 2.24) is 30.1 Å². The minimum atomic E-state index is 0.363. The van der Waals surface area contributed by atoms with Crippen LogP contribution in [-0.4, -0.2) is 57.9 Å². The molecule has 1 saturated heterocycles. The predicted octanol–water partition coefficient (Wildman–Crippen LogP) is 0.111. The third kappa shape index (κ3) is 3.24. The van der Waals surface area contributed by atoms with Crippen molar-refractivity contribution in [3.63, 3.8) is 0 Å². The van der Waals surface area contributed by atoms with Gasteiger partial charge in [0.2, 0.25) is 0 Å². The second-order valence-electron chi connectivity index (χ2n) is 4.84. The molecule has 0 unspecified atom stereocenters. The molecule has 0 amide bonds. The van der Waals surface area contributed by atoms with E-state index in [4.69, 9.17) is 0 Å². The maximum absolute atomic E-state index is 4.29. The van der Waals surface area contributed by atoms with Crippen LogP contribution in [0.3, 0.4) is 0 Å². The second kappa shape index (κ2) is 5.57. The van der Waals surface area contributed by atoms with Crippen molar-refractivity contribution in [1.29, 1.82) is 0 Å². The summed E-state index contributed by atoms with van der Waals surface area (Å²) >= 11 is 0. The minimum absolute atomic E-state index is 0.363. The van der Waals surface area contributed by atoms with Crippen LogP contribution in [0.25, 0.3) is 0 Å². The van der Waals surface area contributed by atoms with E-state index >= 15 is 0 Å². The molecule has 0 aliphatic carbocycles. The summed E-state index contributed by atoms with van der Waals surface area (Å²) in [6.45, 7) is 9.34. The molecule has 1 aliphatic rings. The van der Waals surface area contributed by atoms with Crippen molar-refractivity contribution in [2.75, 3.05) is 33.2 Å². The second-order valence-corrected chi connectivity index (χ2v) is 4.84. The van der Waals surface area contributed by atoms with Crippen LogP contribution in [0.15, 0.2) is 6.33 Å². The van der Waals surface area contributed by atoms with Crippen LogP contribution >= 0.6 is 0 Å². The fraction of sp³-hybridized carbons (Fsp3) is 0.818. The molecule has 1 aromatic heterocycles.